The zero-order valence-corrected chi connectivity index (χ0v) is 22.5. The summed E-state index contributed by atoms with van der Waals surface area (Å²) in [5, 5.41) is 14.0. The second-order valence-corrected chi connectivity index (χ2v) is 10.1. The number of benzene rings is 2. The van der Waals surface area contributed by atoms with E-state index >= 15 is 0 Å². The average molecular weight is 536 g/mol. The molecule has 0 spiro atoms. The standard InChI is InChI=1S/C29H29N9O2/c1-19-22-9-5-6-10-23(22)33-24(32-19)17-38-28(39)26-27(35(2)29(38)40)34-25(18-36-13-11-31-12-14-36)37(26)16-21-8-4-3-7-20(21)15-30/h3-10,31H,11-14,16-18H2,1-2H3. The van der Waals surface area contributed by atoms with Crippen molar-refractivity contribution in [1.29, 1.82) is 5.26 Å². The monoisotopic (exact) mass is 535 g/mol. The van der Waals surface area contributed by atoms with Crippen LogP contribution in [0.5, 0.6) is 0 Å². The fourth-order valence-electron chi connectivity index (χ4n) is 5.36. The van der Waals surface area contributed by atoms with Crippen LogP contribution in [0.15, 0.2) is 58.1 Å². The van der Waals surface area contributed by atoms with Crippen LogP contribution in [0.4, 0.5) is 0 Å². The van der Waals surface area contributed by atoms with Crippen molar-refractivity contribution >= 4 is 22.1 Å². The van der Waals surface area contributed by atoms with Gasteiger partial charge in [-0.15, -0.1) is 0 Å². The number of aryl methyl sites for hydroxylation is 2. The predicted molar refractivity (Wildman–Crippen MR) is 151 cm³/mol. The third-order valence-electron chi connectivity index (χ3n) is 7.49. The highest BCUT2D eigenvalue weighted by Gasteiger charge is 2.23. The van der Waals surface area contributed by atoms with Crippen LogP contribution in [0.2, 0.25) is 0 Å². The summed E-state index contributed by atoms with van der Waals surface area (Å²) in [4.78, 5) is 43.9. The molecule has 3 aromatic heterocycles. The van der Waals surface area contributed by atoms with E-state index in [1.165, 1.54) is 9.13 Å². The first-order valence-electron chi connectivity index (χ1n) is 13.3. The molecule has 1 saturated heterocycles. The molecule has 4 heterocycles. The number of rotatable bonds is 6. The lowest BCUT2D eigenvalue weighted by Crippen LogP contribution is -2.43. The summed E-state index contributed by atoms with van der Waals surface area (Å²) in [6, 6.07) is 17.2. The van der Waals surface area contributed by atoms with Crippen LogP contribution in [0.25, 0.3) is 22.1 Å². The van der Waals surface area contributed by atoms with E-state index in [0.717, 1.165) is 48.3 Å². The fraction of sp³-hybridized carbons (Fsp3) is 0.310. The molecule has 11 nitrogen and oxygen atoms in total. The number of para-hydroxylation sites is 1. The zero-order chi connectivity index (χ0) is 27.8. The first kappa shape index (κ1) is 25.6. The summed E-state index contributed by atoms with van der Waals surface area (Å²) in [6.07, 6.45) is 0. The normalized spacial score (nSPS) is 14.1. The predicted octanol–water partition coefficient (Wildman–Crippen LogP) is 1.52. The van der Waals surface area contributed by atoms with Crippen molar-refractivity contribution in [3.63, 3.8) is 0 Å². The number of hydrogen-bond donors (Lipinski definition) is 1. The van der Waals surface area contributed by atoms with E-state index in [9.17, 15) is 14.9 Å². The summed E-state index contributed by atoms with van der Waals surface area (Å²) in [5.74, 6) is 1.06. The van der Waals surface area contributed by atoms with Crippen molar-refractivity contribution < 1.29 is 0 Å². The highest BCUT2D eigenvalue weighted by molar-refractivity contribution is 5.80. The Morgan fingerprint density at radius 1 is 0.925 bits per heavy atom. The van der Waals surface area contributed by atoms with Crippen LogP contribution < -0.4 is 16.6 Å². The molecule has 1 aliphatic rings. The van der Waals surface area contributed by atoms with E-state index in [4.69, 9.17) is 4.98 Å². The Labute approximate surface area is 230 Å². The summed E-state index contributed by atoms with van der Waals surface area (Å²) in [6.45, 7) is 6.05. The summed E-state index contributed by atoms with van der Waals surface area (Å²) in [7, 11) is 1.63. The van der Waals surface area contributed by atoms with Gasteiger partial charge in [0, 0.05) is 44.3 Å². The second-order valence-electron chi connectivity index (χ2n) is 10.1. The number of nitrogens with zero attached hydrogens (tertiary/aromatic N) is 8. The Kier molecular flexibility index (Phi) is 6.71. The van der Waals surface area contributed by atoms with Gasteiger partial charge in [0.1, 0.15) is 11.6 Å². The van der Waals surface area contributed by atoms with Gasteiger partial charge in [0.2, 0.25) is 0 Å². The average Bonchev–Trinajstić information content (AvgIpc) is 3.32. The van der Waals surface area contributed by atoms with Crippen LogP contribution in [0.1, 0.15) is 28.5 Å². The molecule has 0 aliphatic carbocycles. The minimum atomic E-state index is -0.484. The van der Waals surface area contributed by atoms with Crippen molar-refractivity contribution in [2.24, 2.45) is 7.05 Å². The molecule has 202 valence electrons. The number of imidazole rings is 1. The van der Waals surface area contributed by atoms with Crippen LogP contribution >= 0.6 is 0 Å². The Bertz CT molecular complexity index is 1910. The molecule has 0 unspecified atom stereocenters. The zero-order valence-electron chi connectivity index (χ0n) is 22.5. The lowest BCUT2D eigenvalue weighted by molar-refractivity contribution is 0.226. The SMILES string of the molecule is Cc1nc(Cn2c(=O)c3c(nc(CN4CCNCC4)n3Cc3ccccc3C#N)n(C)c2=O)nc2ccccc12. The maximum absolute atomic E-state index is 14.1. The van der Waals surface area contributed by atoms with Gasteiger partial charge < -0.3 is 9.88 Å². The molecule has 11 heteroatoms. The molecule has 5 aromatic rings. The number of nitriles is 1. The van der Waals surface area contributed by atoms with Crippen molar-refractivity contribution in [3.8, 4) is 6.07 Å². The van der Waals surface area contributed by atoms with Crippen molar-refractivity contribution in [1.82, 2.24) is 38.9 Å². The molecule has 1 fully saturated rings. The Morgan fingerprint density at radius 3 is 2.48 bits per heavy atom. The molecular weight excluding hydrogens is 506 g/mol. The lowest BCUT2D eigenvalue weighted by Gasteiger charge is -2.27. The summed E-state index contributed by atoms with van der Waals surface area (Å²) >= 11 is 0. The van der Waals surface area contributed by atoms with Crippen molar-refractivity contribution in [3.05, 3.63) is 97.8 Å². The molecule has 40 heavy (non-hydrogen) atoms. The van der Waals surface area contributed by atoms with Crippen LogP contribution in [0, 0.1) is 18.3 Å². The molecule has 0 radical (unpaired) electrons. The van der Waals surface area contributed by atoms with E-state index in [0.29, 0.717) is 34.9 Å². The molecule has 0 amide bonds. The van der Waals surface area contributed by atoms with Crippen LogP contribution in [-0.2, 0) is 26.7 Å². The first-order chi connectivity index (χ1) is 19.4. The maximum atomic E-state index is 14.1. The number of fused-ring (bicyclic) bond motifs is 2. The van der Waals surface area contributed by atoms with Gasteiger partial charge >= 0.3 is 5.69 Å². The number of aromatic nitrogens is 6. The number of hydrogen-bond acceptors (Lipinski definition) is 8. The Balaban J connectivity index is 1.52. The van der Waals surface area contributed by atoms with Gasteiger partial charge in [-0.05, 0) is 24.6 Å². The van der Waals surface area contributed by atoms with Gasteiger partial charge in [0.05, 0.1) is 36.8 Å². The topological polar surface area (TPSA) is 127 Å². The van der Waals surface area contributed by atoms with Crippen LogP contribution in [0.3, 0.4) is 0 Å². The van der Waals surface area contributed by atoms with Gasteiger partial charge in [-0.3, -0.25) is 18.8 Å². The van der Waals surface area contributed by atoms with Gasteiger partial charge in [-0.1, -0.05) is 36.4 Å². The summed E-state index contributed by atoms with van der Waals surface area (Å²) < 4.78 is 4.45. The van der Waals surface area contributed by atoms with E-state index in [2.05, 4.69) is 26.3 Å². The van der Waals surface area contributed by atoms with E-state index < -0.39 is 11.2 Å². The van der Waals surface area contributed by atoms with Crippen LogP contribution in [-0.4, -0.2) is 59.7 Å². The third-order valence-corrected chi connectivity index (χ3v) is 7.49. The number of piperazine rings is 1. The number of nitrogens with one attached hydrogen (secondary N) is 1. The minimum absolute atomic E-state index is 0.0692. The van der Waals surface area contributed by atoms with Gasteiger partial charge in [-0.25, -0.2) is 19.7 Å². The first-order valence-corrected chi connectivity index (χ1v) is 13.3. The molecule has 0 bridgehead atoms. The highest BCUT2D eigenvalue weighted by atomic mass is 16.2. The van der Waals surface area contributed by atoms with Gasteiger partial charge in [0.15, 0.2) is 11.2 Å². The summed E-state index contributed by atoms with van der Waals surface area (Å²) in [5.41, 5.74) is 2.54. The molecular formula is C29H29N9O2. The molecule has 2 aromatic carbocycles. The maximum Gasteiger partial charge on any atom is 0.332 e. The smallest absolute Gasteiger partial charge is 0.316 e. The largest absolute Gasteiger partial charge is 0.332 e. The molecule has 6 rings (SSSR count). The van der Waals surface area contributed by atoms with Gasteiger partial charge in [-0.2, -0.15) is 5.26 Å². The third kappa shape index (κ3) is 4.57. The lowest BCUT2D eigenvalue weighted by atomic mass is 10.1. The molecule has 1 aliphatic heterocycles. The van der Waals surface area contributed by atoms with Crippen molar-refractivity contribution in [2.45, 2.75) is 26.6 Å². The van der Waals surface area contributed by atoms with E-state index in [1.807, 2.05) is 54.0 Å². The highest BCUT2D eigenvalue weighted by Crippen LogP contribution is 2.19. The molecule has 0 atom stereocenters. The fourth-order valence-corrected chi connectivity index (χ4v) is 5.36. The van der Waals surface area contributed by atoms with Crippen molar-refractivity contribution in [2.75, 3.05) is 26.2 Å². The Morgan fingerprint density at radius 2 is 1.68 bits per heavy atom. The quantitative estimate of drug-likeness (QED) is 0.347. The van der Waals surface area contributed by atoms with E-state index in [-0.39, 0.29) is 13.1 Å². The van der Waals surface area contributed by atoms with E-state index in [1.54, 1.807) is 13.1 Å². The molecule has 1 N–H and O–H groups in total. The minimum Gasteiger partial charge on any atom is -0.316 e. The Hall–Kier alpha value is -4.66. The molecule has 0 saturated carbocycles. The second kappa shape index (κ2) is 10.5. The van der Waals surface area contributed by atoms with Gasteiger partial charge in [0.25, 0.3) is 5.56 Å².